The van der Waals surface area contributed by atoms with E-state index in [1.54, 1.807) is 6.92 Å². The lowest BCUT2D eigenvalue weighted by molar-refractivity contribution is -0.109. The van der Waals surface area contributed by atoms with Crippen LogP contribution in [0.2, 0.25) is 0 Å². The van der Waals surface area contributed by atoms with Gasteiger partial charge in [-0.05, 0) is 65.1 Å². The van der Waals surface area contributed by atoms with E-state index in [2.05, 4.69) is 56.4 Å². The molecule has 2 rings (SSSR count). The van der Waals surface area contributed by atoms with Crippen molar-refractivity contribution in [2.24, 2.45) is 0 Å². The van der Waals surface area contributed by atoms with Crippen LogP contribution in [-0.4, -0.2) is 34.7 Å². The summed E-state index contributed by atoms with van der Waals surface area (Å²) in [6.45, 7) is 17.1. The van der Waals surface area contributed by atoms with Crippen molar-refractivity contribution >= 4 is 30.1 Å². The van der Waals surface area contributed by atoms with Crippen molar-refractivity contribution in [2.75, 3.05) is 5.75 Å². The summed E-state index contributed by atoms with van der Waals surface area (Å²) in [5.41, 5.74) is 2.57. The van der Waals surface area contributed by atoms with Crippen LogP contribution in [0.3, 0.4) is 0 Å². The maximum atomic E-state index is 11.5. The van der Waals surface area contributed by atoms with Crippen LogP contribution in [0.4, 0.5) is 0 Å². The molecule has 154 valence electrons. The van der Waals surface area contributed by atoms with E-state index in [-0.39, 0.29) is 10.7 Å². The molecule has 1 fully saturated rings. The lowest BCUT2D eigenvalue weighted by Gasteiger charge is -2.32. The van der Waals surface area contributed by atoms with Crippen molar-refractivity contribution in [3.63, 3.8) is 0 Å². The van der Waals surface area contributed by atoms with Gasteiger partial charge in [-0.3, -0.25) is 4.79 Å². The molecule has 6 heteroatoms. The molecule has 0 aromatic heterocycles. The van der Waals surface area contributed by atoms with Gasteiger partial charge in [0, 0.05) is 24.8 Å². The quantitative estimate of drug-likeness (QED) is 0.687. The number of carbonyl (C=O) groups is 1. The number of rotatable bonds is 6. The smallest absolute Gasteiger partial charge is 0.400 e. The van der Waals surface area contributed by atoms with E-state index in [4.69, 9.17) is 9.31 Å². The van der Waals surface area contributed by atoms with Crippen molar-refractivity contribution < 1.29 is 14.1 Å². The molecule has 1 aliphatic rings. The predicted octanol–water partition coefficient (Wildman–Crippen LogP) is 4.87. The average Bonchev–Trinajstić information content (AvgIpc) is 2.77. The van der Waals surface area contributed by atoms with Crippen LogP contribution in [0.25, 0.3) is 6.08 Å². The first-order chi connectivity index (χ1) is 12.8. The van der Waals surface area contributed by atoms with E-state index in [1.165, 1.54) is 17.3 Å². The Morgan fingerprint density at radius 1 is 1.11 bits per heavy atom. The predicted molar refractivity (Wildman–Crippen MR) is 120 cm³/mol. The van der Waals surface area contributed by atoms with Gasteiger partial charge in [-0.2, -0.15) is 0 Å². The maximum absolute atomic E-state index is 11.5. The summed E-state index contributed by atoms with van der Waals surface area (Å²) in [5, 5.41) is 3.59. The molecule has 0 atom stereocenters. The SMILES string of the molecule is CC(=O)SCC(=Cc1ccc(CNC(C)(C)C)cc1)B1OC(C)(C)C(C)(C)O1. The Morgan fingerprint density at radius 2 is 1.64 bits per heavy atom. The molecule has 1 heterocycles. The van der Waals surface area contributed by atoms with Crippen LogP contribution in [0.15, 0.2) is 29.7 Å². The molecule has 1 N–H and O–H groups in total. The summed E-state index contributed by atoms with van der Waals surface area (Å²) >= 11 is 1.28. The monoisotopic (exact) mass is 403 g/mol. The third kappa shape index (κ3) is 6.48. The fourth-order valence-corrected chi connectivity index (χ4v) is 3.26. The van der Waals surface area contributed by atoms with Gasteiger partial charge in [0.1, 0.15) is 0 Å². The van der Waals surface area contributed by atoms with Gasteiger partial charge in [0.15, 0.2) is 5.12 Å². The fraction of sp³-hybridized carbons (Fsp3) is 0.591. The molecule has 1 saturated heterocycles. The highest BCUT2D eigenvalue weighted by Crippen LogP contribution is 2.39. The van der Waals surface area contributed by atoms with Gasteiger partial charge in [0.05, 0.1) is 11.2 Å². The molecule has 0 aliphatic carbocycles. The van der Waals surface area contributed by atoms with Crippen molar-refractivity contribution in [3.8, 4) is 0 Å². The summed E-state index contributed by atoms with van der Waals surface area (Å²) in [5.74, 6) is 0.555. The van der Waals surface area contributed by atoms with E-state index in [0.29, 0.717) is 5.75 Å². The largest absolute Gasteiger partial charge is 0.491 e. The first-order valence-corrected chi connectivity index (χ1v) is 10.8. The topological polar surface area (TPSA) is 47.6 Å². The zero-order valence-corrected chi connectivity index (χ0v) is 19.3. The van der Waals surface area contributed by atoms with Crippen LogP contribution in [0.1, 0.15) is 66.5 Å². The van der Waals surface area contributed by atoms with Crippen molar-refractivity contribution in [2.45, 2.75) is 78.7 Å². The summed E-state index contributed by atoms with van der Waals surface area (Å²) in [4.78, 5) is 11.5. The van der Waals surface area contributed by atoms with Crippen LogP contribution in [-0.2, 0) is 20.6 Å². The van der Waals surface area contributed by atoms with Crippen molar-refractivity contribution in [3.05, 3.63) is 40.9 Å². The number of thioether (sulfide) groups is 1. The number of benzene rings is 1. The van der Waals surface area contributed by atoms with Crippen LogP contribution < -0.4 is 5.32 Å². The van der Waals surface area contributed by atoms with E-state index in [1.807, 2.05) is 27.7 Å². The average molecular weight is 403 g/mol. The Bertz CT molecular complexity index is 704. The first kappa shape index (κ1) is 23.2. The minimum Gasteiger partial charge on any atom is -0.400 e. The number of hydrogen-bond donors (Lipinski definition) is 1. The van der Waals surface area contributed by atoms with Crippen LogP contribution >= 0.6 is 11.8 Å². The summed E-state index contributed by atoms with van der Waals surface area (Å²) in [7, 11) is -0.445. The highest BCUT2D eigenvalue weighted by atomic mass is 32.2. The van der Waals surface area contributed by atoms with E-state index in [9.17, 15) is 4.79 Å². The molecule has 0 bridgehead atoms. The third-order valence-electron chi connectivity index (χ3n) is 5.15. The standard InChI is InChI=1S/C22H34BNO3S/c1-16(25)28-15-19(23-26-21(5,6)22(7,8)27-23)13-17-9-11-18(12-10-17)14-24-20(2,3)4/h9-13,24H,14-15H2,1-8H3. The van der Waals surface area contributed by atoms with Gasteiger partial charge >= 0.3 is 7.12 Å². The maximum Gasteiger partial charge on any atom is 0.491 e. The lowest BCUT2D eigenvalue weighted by Crippen LogP contribution is -2.41. The second-order valence-corrected chi connectivity index (χ2v) is 10.6. The Labute approximate surface area is 175 Å². The lowest BCUT2D eigenvalue weighted by atomic mass is 9.78. The van der Waals surface area contributed by atoms with Gasteiger partial charge in [0.25, 0.3) is 0 Å². The zero-order chi connectivity index (χ0) is 21.2. The van der Waals surface area contributed by atoms with Gasteiger partial charge in [-0.25, -0.2) is 0 Å². The molecule has 0 unspecified atom stereocenters. The Hall–Kier alpha value is -1.08. The first-order valence-electron chi connectivity index (χ1n) is 9.82. The summed E-state index contributed by atoms with van der Waals surface area (Å²) in [6, 6.07) is 8.46. The Kier molecular flexibility index (Phi) is 7.24. The number of carbonyl (C=O) groups excluding carboxylic acids is 1. The fourth-order valence-electron chi connectivity index (χ4n) is 2.67. The molecule has 0 spiro atoms. The number of nitrogens with one attached hydrogen (secondary N) is 1. The van der Waals surface area contributed by atoms with Crippen LogP contribution in [0, 0.1) is 0 Å². The van der Waals surface area contributed by atoms with E-state index >= 15 is 0 Å². The van der Waals surface area contributed by atoms with E-state index in [0.717, 1.165) is 17.6 Å². The molecule has 0 radical (unpaired) electrons. The van der Waals surface area contributed by atoms with Gasteiger partial charge in [-0.15, -0.1) is 0 Å². The van der Waals surface area contributed by atoms with Gasteiger partial charge < -0.3 is 14.6 Å². The second-order valence-electron chi connectivity index (χ2n) is 9.43. The molecule has 1 aliphatic heterocycles. The van der Waals surface area contributed by atoms with Gasteiger partial charge in [-0.1, -0.05) is 42.1 Å². The molecule has 0 saturated carbocycles. The Morgan fingerprint density at radius 3 is 2.11 bits per heavy atom. The minimum absolute atomic E-state index is 0.0889. The second kappa shape index (κ2) is 8.74. The normalized spacial score (nSPS) is 19.1. The molecule has 1 aromatic rings. The third-order valence-corrected chi connectivity index (χ3v) is 6.04. The molecular weight excluding hydrogens is 369 g/mol. The highest BCUT2D eigenvalue weighted by molar-refractivity contribution is 8.13. The molecule has 28 heavy (non-hydrogen) atoms. The zero-order valence-electron chi connectivity index (χ0n) is 18.5. The summed E-state index contributed by atoms with van der Waals surface area (Å²) in [6.07, 6.45) is 2.08. The van der Waals surface area contributed by atoms with Gasteiger partial charge in [0.2, 0.25) is 0 Å². The Balaban J connectivity index is 2.19. The van der Waals surface area contributed by atoms with Crippen molar-refractivity contribution in [1.82, 2.24) is 5.32 Å². The van der Waals surface area contributed by atoms with Crippen molar-refractivity contribution in [1.29, 1.82) is 0 Å². The molecule has 1 aromatic carbocycles. The van der Waals surface area contributed by atoms with Crippen LogP contribution in [0.5, 0.6) is 0 Å². The molecular formula is C22H34BNO3S. The minimum atomic E-state index is -0.445. The summed E-state index contributed by atoms with van der Waals surface area (Å²) < 4.78 is 12.4. The highest BCUT2D eigenvalue weighted by Gasteiger charge is 2.52. The van der Waals surface area contributed by atoms with E-state index < -0.39 is 18.3 Å². The number of hydrogen-bond acceptors (Lipinski definition) is 5. The molecule has 4 nitrogen and oxygen atoms in total. The molecule has 0 amide bonds.